The molecule has 0 amide bonds. The fraction of sp³-hybridized carbons (Fsp3) is 0. The Hall–Kier alpha value is -2.89. The molecule has 0 saturated carbocycles. The molecule has 2 aromatic carbocycles. The molecule has 13 heteroatoms. The van der Waals surface area contributed by atoms with Crippen molar-refractivity contribution in [2.24, 2.45) is 0 Å². The van der Waals surface area contributed by atoms with Gasteiger partial charge in [0.25, 0.3) is 0 Å². The zero-order valence-electron chi connectivity index (χ0n) is 13.3. The first-order chi connectivity index (χ1) is 13.1. The molecule has 0 saturated heterocycles. The molecule has 4 rings (SSSR count). The number of aromatic hydroxyl groups is 6. The molecule has 0 spiro atoms. The number of hydrogen-bond acceptors (Lipinski definition) is 10. The van der Waals surface area contributed by atoms with E-state index in [0.717, 1.165) is 11.3 Å². The van der Waals surface area contributed by atoms with Crippen molar-refractivity contribution in [2.75, 3.05) is 0 Å². The number of phenolic OH excluding ortho intramolecular Hbond substituents is 6. The number of aromatic nitrogens is 3. The van der Waals surface area contributed by atoms with Gasteiger partial charge in [0, 0.05) is 5.39 Å². The van der Waals surface area contributed by atoms with Crippen LogP contribution in [0.4, 0.5) is 0 Å². The van der Waals surface area contributed by atoms with Crippen LogP contribution in [-0.4, -0.2) is 53.4 Å². The molecule has 28 heavy (non-hydrogen) atoms. The van der Waals surface area contributed by atoms with Crippen LogP contribution < -0.4 is 5.46 Å². The number of rotatable bonds is 1. The molecule has 0 unspecified atom stereocenters. The number of hydrogen-bond donors (Lipinski definition) is 6. The second-order valence-corrected chi connectivity index (χ2v) is 7.28. The second kappa shape index (κ2) is 6.06. The van der Waals surface area contributed by atoms with Gasteiger partial charge in [-0.1, -0.05) is 0 Å². The fourth-order valence-corrected chi connectivity index (χ4v) is 4.40. The summed E-state index contributed by atoms with van der Waals surface area (Å²) in [6, 6.07) is 0. The minimum Gasteiger partial charge on any atom is -0.507 e. The molecule has 2 heterocycles. The minimum absolute atomic E-state index is 0.0319. The Labute approximate surface area is 170 Å². The Balaban J connectivity index is 2.34. The van der Waals surface area contributed by atoms with Gasteiger partial charge in [0.1, 0.15) is 13.6 Å². The monoisotopic (exact) mass is 437 g/mol. The van der Waals surface area contributed by atoms with E-state index >= 15 is 0 Å². The number of phenols is 6. The van der Waals surface area contributed by atoms with Crippen molar-refractivity contribution in [3.05, 3.63) is 10.6 Å². The fourth-order valence-electron chi connectivity index (χ4n) is 2.82. The summed E-state index contributed by atoms with van der Waals surface area (Å²) in [5, 5.41) is 60.7. The molecule has 140 valence electrons. The molecule has 0 aliphatic rings. The van der Waals surface area contributed by atoms with Crippen LogP contribution in [0, 0.1) is 0 Å². The Bertz CT molecular complexity index is 1310. The molecular weight excluding hydrogens is 432 g/mol. The highest BCUT2D eigenvalue weighted by atomic mass is 35.5. The van der Waals surface area contributed by atoms with E-state index in [9.17, 15) is 30.6 Å². The summed E-state index contributed by atoms with van der Waals surface area (Å²) in [5.41, 5.74) is -0.765. The van der Waals surface area contributed by atoms with Crippen LogP contribution in [0.5, 0.6) is 34.5 Å². The van der Waals surface area contributed by atoms with Crippen LogP contribution >= 0.6 is 34.5 Å². The zero-order valence-corrected chi connectivity index (χ0v) is 15.6. The lowest BCUT2D eigenvalue weighted by Crippen LogP contribution is -2.03. The average molecular weight is 438 g/mol. The first kappa shape index (κ1) is 18.5. The summed E-state index contributed by atoms with van der Waals surface area (Å²) >= 11 is 12.3. The largest absolute Gasteiger partial charge is 0.507 e. The van der Waals surface area contributed by atoms with E-state index in [1.165, 1.54) is 0 Å². The van der Waals surface area contributed by atoms with Gasteiger partial charge in [-0.3, -0.25) is 0 Å². The van der Waals surface area contributed by atoms with Gasteiger partial charge in [-0.15, -0.1) is 11.3 Å². The van der Waals surface area contributed by atoms with Crippen LogP contribution in [0.25, 0.3) is 31.6 Å². The van der Waals surface area contributed by atoms with E-state index in [4.69, 9.17) is 31.0 Å². The maximum Gasteiger partial charge on any atom is 0.227 e. The van der Waals surface area contributed by atoms with Crippen LogP contribution in [0.1, 0.15) is 0 Å². The lowest BCUT2D eigenvalue weighted by Gasteiger charge is -2.11. The maximum atomic E-state index is 10.5. The van der Waals surface area contributed by atoms with Crippen LogP contribution in [0.3, 0.4) is 0 Å². The summed E-state index contributed by atoms with van der Waals surface area (Å²) in [6.45, 7) is 0. The van der Waals surface area contributed by atoms with Gasteiger partial charge in [0.2, 0.25) is 16.3 Å². The Morgan fingerprint density at radius 1 is 0.643 bits per heavy atom. The highest BCUT2D eigenvalue weighted by molar-refractivity contribution is 7.26. The Morgan fingerprint density at radius 3 is 1.82 bits per heavy atom. The van der Waals surface area contributed by atoms with Crippen molar-refractivity contribution in [3.63, 3.8) is 0 Å². The van der Waals surface area contributed by atoms with Crippen molar-refractivity contribution in [1.82, 2.24) is 15.0 Å². The summed E-state index contributed by atoms with van der Waals surface area (Å²) in [6.07, 6.45) is 0. The smallest absolute Gasteiger partial charge is 0.227 e. The third kappa shape index (κ3) is 2.37. The third-order valence-corrected chi connectivity index (χ3v) is 5.59. The van der Waals surface area contributed by atoms with Crippen LogP contribution in [-0.2, 0) is 0 Å². The number of thiophene rings is 1. The van der Waals surface area contributed by atoms with E-state index in [0.29, 0.717) is 0 Å². The second-order valence-electron chi connectivity index (χ2n) is 5.59. The summed E-state index contributed by atoms with van der Waals surface area (Å²) in [4.78, 5) is 11.3. The van der Waals surface area contributed by atoms with Crippen molar-refractivity contribution in [2.45, 2.75) is 0 Å². The number of benzene rings is 2. The number of fused-ring (bicyclic) bond motifs is 3. The SMILES string of the molecule is [B]c1c(O)c(O)c2c(sc3c(O)c(O)c(O)c(-c4nc(Cl)nc(Cl)n4)c32)c1O. The summed E-state index contributed by atoms with van der Waals surface area (Å²) < 4.78 is -0.0980. The molecule has 0 aliphatic carbocycles. The predicted octanol–water partition coefficient (Wildman–Crippen LogP) is 2.24. The molecule has 2 aromatic heterocycles. The lowest BCUT2D eigenvalue weighted by atomic mass is 9.91. The van der Waals surface area contributed by atoms with E-state index in [-0.39, 0.29) is 42.1 Å². The zero-order chi connectivity index (χ0) is 20.5. The molecule has 0 fully saturated rings. The van der Waals surface area contributed by atoms with Gasteiger partial charge in [-0.25, -0.2) is 0 Å². The quantitative estimate of drug-likeness (QED) is 0.149. The molecule has 4 aromatic rings. The molecule has 0 aliphatic heterocycles. The molecule has 2 radical (unpaired) electrons. The number of nitrogens with zero attached hydrogens (tertiary/aromatic N) is 3. The van der Waals surface area contributed by atoms with Crippen molar-refractivity contribution >= 4 is 68.0 Å². The molecular formula is C15H6BCl2N3O6S. The van der Waals surface area contributed by atoms with Crippen molar-refractivity contribution in [1.29, 1.82) is 0 Å². The van der Waals surface area contributed by atoms with E-state index in [1.54, 1.807) is 0 Å². The van der Waals surface area contributed by atoms with Gasteiger partial charge in [-0.05, 0) is 28.7 Å². The highest BCUT2D eigenvalue weighted by Crippen LogP contribution is 2.57. The van der Waals surface area contributed by atoms with Crippen molar-refractivity contribution in [3.8, 4) is 45.9 Å². The average Bonchev–Trinajstić information content (AvgIpc) is 3.02. The molecule has 0 atom stereocenters. The molecule has 6 N–H and O–H groups in total. The number of halogens is 2. The summed E-state index contributed by atoms with van der Waals surface area (Å²) in [5.74, 6) is -4.89. The standard InChI is InChI=1S/C15H6BCl2N3O6S/c16-4-7(24)5(22)2-1-3(13-19-14(17)21-15(18)20-13)6(23)9(26)10(27)11(1)28-12(2)8(4)25/h22-27H. The Kier molecular flexibility index (Phi) is 4.00. The predicted molar refractivity (Wildman–Crippen MR) is 104 cm³/mol. The van der Waals surface area contributed by atoms with Gasteiger partial charge >= 0.3 is 0 Å². The summed E-state index contributed by atoms with van der Waals surface area (Å²) in [7, 11) is 5.57. The van der Waals surface area contributed by atoms with E-state index < -0.39 is 40.0 Å². The van der Waals surface area contributed by atoms with Gasteiger partial charge in [0.05, 0.1) is 20.3 Å². The molecule has 9 nitrogen and oxygen atoms in total. The van der Waals surface area contributed by atoms with Crippen LogP contribution in [0.15, 0.2) is 0 Å². The van der Waals surface area contributed by atoms with Gasteiger partial charge in [-0.2, -0.15) is 15.0 Å². The van der Waals surface area contributed by atoms with Crippen LogP contribution in [0.2, 0.25) is 10.6 Å². The van der Waals surface area contributed by atoms with E-state index in [1.807, 2.05) is 0 Å². The third-order valence-electron chi connectivity index (χ3n) is 4.05. The minimum atomic E-state index is -0.905. The maximum absolute atomic E-state index is 10.5. The van der Waals surface area contributed by atoms with Gasteiger partial charge < -0.3 is 30.6 Å². The highest BCUT2D eigenvalue weighted by Gasteiger charge is 2.29. The lowest BCUT2D eigenvalue weighted by molar-refractivity contribution is 0.372. The van der Waals surface area contributed by atoms with E-state index in [2.05, 4.69) is 15.0 Å². The first-order valence-electron chi connectivity index (χ1n) is 7.26. The topological polar surface area (TPSA) is 160 Å². The Morgan fingerprint density at radius 2 is 1.21 bits per heavy atom. The van der Waals surface area contributed by atoms with Crippen molar-refractivity contribution < 1.29 is 30.6 Å². The molecule has 0 bridgehead atoms. The normalized spacial score (nSPS) is 11.5. The first-order valence-corrected chi connectivity index (χ1v) is 8.83. The van der Waals surface area contributed by atoms with Gasteiger partial charge in [0.15, 0.2) is 28.8 Å².